The van der Waals surface area contributed by atoms with Crippen molar-refractivity contribution in [3.8, 4) is 0 Å². The summed E-state index contributed by atoms with van der Waals surface area (Å²) >= 11 is 3.41. The van der Waals surface area contributed by atoms with Crippen LogP contribution in [0.2, 0.25) is 0 Å². The molecule has 0 aromatic carbocycles. The number of carbonyl (C=O) groups is 1. The number of Topliss-reactive ketones (excluding diaryl/α,β-unsaturated/α-hetero) is 1. The molecule has 0 radical (unpaired) electrons. The van der Waals surface area contributed by atoms with Gasteiger partial charge in [0.2, 0.25) is 0 Å². The fourth-order valence-corrected chi connectivity index (χ4v) is 1.89. The number of imidazole rings is 1. The van der Waals surface area contributed by atoms with Crippen LogP contribution in [0.5, 0.6) is 0 Å². The quantitative estimate of drug-likeness (QED) is 0.675. The first kappa shape index (κ1) is 7.98. The lowest BCUT2D eigenvalue weighted by molar-refractivity contribution is -0.120. The van der Waals surface area contributed by atoms with Gasteiger partial charge in [0.05, 0.1) is 12.2 Å². The second-order valence-corrected chi connectivity index (χ2v) is 3.78. The van der Waals surface area contributed by atoms with E-state index in [0.717, 1.165) is 22.5 Å². The van der Waals surface area contributed by atoms with Crippen LogP contribution in [0.25, 0.3) is 0 Å². The Morgan fingerprint density at radius 1 is 1.50 bits per heavy atom. The lowest BCUT2D eigenvalue weighted by atomic mass is 10.1. The van der Waals surface area contributed by atoms with Gasteiger partial charge in [-0.05, 0) is 22.9 Å². The van der Waals surface area contributed by atoms with E-state index in [-0.39, 0.29) is 0 Å². The summed E-state index contributed by atoms with van der Waals surface area (Å²) in [7, 11) is 0. The largest absolute Gasteiger partial charge is 0.315 e. The molecule has 64 valence electrons. The van der Waals surface area contributed by atoms with Crippen molar-refractivity contribution in [2.45, 2.75) is 26.3 Å². The number of rotatable bonds is 0. The number of hydrogen-bond donors (Lipinski definition) is 0. The van der Waals surface area contributed by atoms with Gasteiger partial charge in [0, 0.05) is 12.8 Å². The molecule has 2 rings (SSSR count). The standard InChI is InChI=1S/C8H9BrN2O/c1-5-8(9)11-4-6(12)2-3-7(11)10-5/h2-4H2,1H3. The maximum absolute atomic E-state index is 11.1. The minimum absolute atomic E-state index is 0.292. The Labute approximate surface area is 78.9 Å². The molecule has 0 unspecified atom stereocenters. The van der Waals surface area contributed by atoms with E-state index in [1.54, 1.807) is 0 Å². The average Bonchev–Trinajstić information content (AvgIpc) is 2.31. The maximum atomic E-state index is 11.1. The van der Waals surface area contributed by atoms with Gasteiger partial charge in [-0.25, -0.2) is 4.98 Å². The normalized spacial score (nSPS) is 16.3. The van der Waals surface area contributed by atoms with Crippen molar-refractivity contribution < 1.29 is 4.79 Å². The average molecular weight is 229 g/mol. The van der Waals surface area contributed by atoms with Crippen molar-refractivity contribution in [1.82, 2.24) is 9.55 Å². The summed E-state index contributed by atoms with van der Waals surface area (Å²) in [5.74, 6) is 1.32. The van der Waals surface area contributed by atoms with Crippen molar-refractivity contribution in [1.29, 1.82) is 0 Å². The minimum atomic E-state index is 0.292. The van der Waals surface area contributed by atoms with E-state index in [1.807, 2.05) is 11.5 Å². The van der Waals surface area contributed by atoms with E-state index in [9.17, 15) is 4.79 Å². The highest BCUT2D eigenvalue weighted by molar-refractivity contribution is 9.10. The van der Waals surface area contributed by atoms with Crippen LogP contribution in [-0.4, -0.2) is 15.3 Å². The van der Waals surface area contributed by atoms with Crippen LogP contribution < -0.4 is 0 Å². The maximum Gasteiger partial charge on any atom is 0.153 e. The molecule has 0 amide bonds. The van der Waals surface area contributed by atoms with Crippen molar-refractivity contribution in [2.24, 2.45) is 0 Å². The Kier molecular flexibility index (Phi) is 1.79. The van der Waals surface area contributed by atoms with E-state index in [4.69, 9.17) is 0 Å². The molecule has 12 heavy (non-hydrogen) atoms. The van der Waals surface area contributed by atoms with E-state index in [1.165, 1.54) is 0 Å². The number of fused-ring (bicyclic) bond motifs is 1. The molecule has 0 aliphatic carbocycles. The minimum Gasteiger partial charge on any atom is -0.315 e. The van der Waals surface area contributed by atoms with Gasteiger partial charge in [-0.3, -0.25) is 4.79 Å². The zero-order chi connectivity index (χ0) is 8.72. The summed E-state index contributed by atoms with van der Waals surface area (Å²) < 4.78 is 2.90. The highest BCUT2D eigenvalue weighted by atomic mass is 79.9. The molecule has 0 saturated heterocycles. The molecule has 2 heterocycles. The van der Waals surface area contributed by atoms with E-state index in [0.29, 0.717) is 18.7 Å². The highest BCUT2D eigenvalue weighted by Crippen LogP contribution is 2.22. The van der Waals surface area contributed by atoms with Gasteiger partial charge in [0.15, 0.2) is 5.78 Å². The van der Waals surface area contributed by atoms with Gasteiger partial charge in [-0.2, -0.15) is 0 Å². The summed E-state index contributed by atoms with van der Waals surface area (Å²) in [6.45, 7) is 2.43. The molecule has 4 heteroatoms. The molecule has 0 bridgehead atoms. The topological polar surface area (TPSA) is 34.9 Å². The number of hydrogen-bond acceptors (Lipinski definition) is 2. The smallest absolute Gasteiger partial charge is 0.153 e. The third-order valence-electron chi connectivity index (χ3n) is 2.11. The van der Waals surface area contributed by atoms with Gasteiger partial charge in [0.1, 0.15) is 10.4 Å². The monoisotopic (exact) mass is 228 g/mol. The number of carbonyl (C=O) groups excluding carboxylic acids is 1. The summed E-state index contributed by atoms with van der Waals surface area (Å²) in [6.07, 6.45) is 1.42. The molecule has 0 N–H and O–H groups in total. The van der Waals surface area contributed by atoms with Crippen LogP contribution in [0, 0.1) is 6.92 Å². The first-order valence-electron chi connectivity index (χ1n) is 3.91. The lowest BCUT2D eigenvalue weighted by Gasteiger charge is -2.12. The summed E-state index contributed by atoms with van der Waals surface area (Å²) in [5.41, 5.74) is 0.972. The van der Waals surface area contributed by atoms with Gasteiger partial charge in [-0.1, -0.05) is 0 Å². The molecule has 1 aromatic heterocycles. The van der Waals surface area contributed by atoms with Crippen molar-refractivity contribution in [3.63, 3.8) is 0 Å². The number of nitrogens with zero attached hydrogens (tertiary/aromatic N) is 2. The van der Waals surface area contributed by atoms with Crippen LogP contribution >= 0.6 is 15.9 Å². The van der Waals surface area contributed by atoms with E-state index < -0.39 is 0 Å². The van der Waals surface area contributed by atoms with Crippen LogP contribution in [0.1, 0.15) is 17.9 Å². The Balaban J connectivity index is 2.50. The Hall–Kier alpha value is -0.640. The molecule has 0 saturated carbocycles. The third-order valence-corrected chi connectivity index (χ3v) is 3.11. The van der Waals surface area contributed by atoms with Gasteiger partial charge in [-0.15, -0.1) is 0 Å². The molecule has 0 fully saturated rings. The van der Waals surface area contributed by atoms with Crippen LogP contribution in [0.3, 0.4) is 0 Å². The van der Waals surface area contributed by atoms with E-state index >= 15 is 0 Å². The second kappa shape index (κ2) is 2.69. The molecular weight excluding hydrogens is 220 g/mol. The van der Waals surface area contributed by atoms with Gasteiger partial charge >= 0.3 is 0 Å². The Morgan fingerprint density at radius 3 is 3.00 bits per heavy atom. The zero-order valence-electron chi connectivity index (χ0n) is 6.80. The molecule has 0 spiro atoms. The molecule has 3 nitrogen and oxygen atoms in total. The van der Waals surface area contributed by atoms with Crippen molar-refractivity contribution in [2.75, 3.05) is 0 Å². The predicted octanol–water partition coefficient (Wildman–Crippen LogP) is 1.47. The van der Waals surface area contributed by atoms with Crippen LogP contribution in [-0.2, 0) is 17.8 Å². The van der Waals surface area contributed by atoms with Gasteiger partial charge in [0.25, 0.3) is 0 Å². The fourth-order valence-electron chi connectivity index (χ4n) is 1.47. The molecule has 1 aliphatic rings. The molecule has 1 aromatic rings. The first-order chi connectivity index (χ1) is 5.68. The molecule has 1 aliphatic heterocycles. The fraction of sp³-hybridized carbons (Fsp3) is 0.500. The summed E-state index contributed by atoms with van der Waals surface area (Å²) in [5, 5.41) is 0. The van der Waals surface area contributed by atoms with Crippen LogP contribution in [0.15, 0.2) is 4.60 Å². The Bertz CT molecular complexity index is 343. The van der Waals surface area contributed by atoms with Crippen molar-refractivity contribution >= 4 is 21.7 Å². The Morgan fingerprint density at radius 2 is 2.25 bits per heavy atom. The number of halogens is 1. The highest BCUT2D eigenvalue weighted by Gasteiger charge is 2.19. The second-order valence-electron chi connectivity index (χ2n) is 3.03. The van der Waals surface area contributed by atoms with E-state index in [2.05, 4.69) is 20.9 Å². The molecule has 0 atom stereocenters. The van der Waals surface area contributed by atoms with Crippen molar-refractivity contribution in [3.05, 3.63) is 16.1 Å². The number of ketones is 1. The number of aryl methyl sites for hydroxylation is 2. The van der Waals surface area contributed by atoms with Gasteiger partial charge < -0.3 is 4.57 Å². The number of aromatic nitrogens is 2. The molecular formula is C8H9BrN2O. The SMILES string of the molecule is Cc1nc2n(c1Br)CC(=O)CC2. The third kappa shape index (κ3) is 1.10. The zero-order valence-corrected chi connectivity index (χ0v) is 8.39. The lowest BCUT2D eigenvalue weighted by Crippen LogP contribution is -2.19. The van der Waals surface area contributed by atoms with Crippen LogP contribution in [0.4, 0.5) is 0 Å². The first-order valence-corrected chi connectivity index (χ1v) is 4.71. The summed E-state index contributed by atoms with van der Waals surface area (Å²) in [6, 6.07) is 0. The predicted molar refractivity (Wildman–Crippen MR) is 48.0 cm³/mol. The summed E-state index contributed by atoms with van der Waals surface area (Å²) in [4.78, 5) is 15.5.